The average Bonchev–Trinajstić information content (AvgIpc) is 2.61. The fourth-order valence-corrected chi connectivity index (χ4v) is 2.42. The molecule has 26 heavy (non-hydrogen) atoms. The van der Waals surface area contributed by atoms with Crippen molar-refractivity contribution >= 4 is 5.91 Å². The summed E-state index contributed by atoms with van der Waals surface area (Å²) in [5.74, 6) is 0.428. The predicted molar refractivity (Wildman–Crippen MR) is 91.4 cm³/mol. The van der Waals surface area contributed by atoms with Gasteiger partial charge in [0.15, 0.2) is 11.5 Å². The van der Waals surface area contributed by atoms with Crippen molar-refractivity contribution in [1.29, 1.82) is 0 Å². The minimum absolute atomic E-state index is 0.00400. The van der Waals surface area contributed by atoms with E-state index in [2.05, 4.69) is 5.32 Å². The van der Waals surface area contributed by atoms with Crippen molar-refractivity contribution in [3.8, 4) is 11.5 Å². The zero-order chi connectivity index (χ0) is 19.2. The van der Waals surface area contributed by atoms with Crippen LogP contribution in [-0.4, -0.2) is 19.1 Å². The summed E-state index contributed by atoms with van der Waals surface area (Å²) in [5.41, 5.74) is -0.479. The molecule has 0 aliphatic rings. The molecule has 0 atom stereocenters. The van der Waals surface area contributed by atoms with Crippen molar-refractivity contribution in [3.05, 3.63) is 59.2 Å². The number of carbonyl (C=O) groups excluding carboxylic acids is 1. The molecule has 0 saturated heterocycles. The van der Waals surface area contributed by atoms with Crippen LogP contribution in [0.5, 0.6) is 11.5 Å². The summed E-state index contributed by atoms with van der Waals surface area (Å²) in [6.07, 6.45) is -4.47. The fourth-order valence-electron chi connectivity index (χ4n) is 2.42. The molecule has 7 heteroatoms. The minimum atomic E-state index is -4.47. The van der Waals surface area contributed by atoms with Gasteiger partial charge in [-0.1, -0.05) is 18.2 Å². The van der Waals surface area contributed by atoms with E-state index in [0.29, 0.717) is 24.7 Å². The summed E-state index contributed by atoms with van der Waals surface area (Å²) in [6, 6.07) is 9.80. The Hall–Kier alpha value is -2.70. The summed E-state index contributed by atoms with van der Waals surface area (Å²) < 4.78 is 49.9. The molecule has 0 unspecified atom stereocenters. The molecular weight excluding hydrogens is 347 g/mol. The molecule has 4 nitrogen and oxygen atoms in total. The summed E-state index contributed by atoms with van der Waals surface area (Å²) in [4.78, 5) is 12.3. The Balaban J connectivity index is 2.15. The van der Waals surface area contributed by atoms with E-state index < -0.39 is 17.6 Å². The standard InChI is InChI=1S/C19H20F3NO3/c1-3-25-16-10-9-13(11-17(16)26-4-2)18(24)23-12-14-7-5-6-8-15(14)19(20,21)22/h5-11H,3-4,12H2,1-2H3,(H,23,24). The van der Waals surface area contributed by atoms with Crippen LogP contribution in [0.4, 0.5) is 13.2 Å². The Morgan fingerprint density at radius 2 is 1.65 bits per heavy atom. The molecule has 0 aliphatic heterocycles. The number of carbonyl (C=O) groups is 1. The van der Waals surface area contributed by atoms with Crippen molar-refractivity contribution in [1.82, 2.24) is 5.32 Å². The van der Waals surface area contributed by atoms with E-state index in [0.717, 1.165) is 6.07 Å². The van der Waals surface area contributed by atoms with Gasteiger partial charge in [0, 0.05) is 12.1 Å². The van der Waals surface area contributed by atoms with Crippen LogP contribution in [0.25, 0.3) is 0 Å². The number of hydrogen-bond acceptors (Lipinski definition) is 3. The molecule has 2 aromatic carbocycles. The smallest absolute Gasteiger partial charge is 0.416 e. The summed E-state index contributed by atoms with van der Waals surface area (Å²) in [6.45, 7) is 4.24. The number of benzene rings is 2. The van der Waals surface area contributed by atoms with Crippen molar-refractivity contribution in [2.45, 2.75) is 26.6 Å². The van der Waals surface area contributed by atoms with E-state index in [1.54, 1.807) is 19.1 Å². The Labute approximate surface area is 149 Å². The molecule has 2 aromatic rings. The van der Waals surface area contributed by atoms with Crippen LogP contribution in [0.1, 0.15) is 35.3 Å². The van der Waals surface area contributed by atoms with Crippen LogP contribution in [0.2, 0.25) is 0 Å². The Morgan fingerprint density at radius 3 is 2.31 bits per heavy atom. The average molecular weight is 367 g/mol. The number of nitrogens with one attached hydrogen (secondary N) is 1. The van der Waals surface area contributed by atoms with Crippen LogP contribution < -0.4 is 14.8 Å². The Morgan fingerprint density at radius 1 is 1.00 bits per heavy atom. The SMILES string of the molecule is CCOc1ccc(C(=O)NCc2ccccc2C(F)(F)F)cc1OCC. The van der Waals surface area contributed by atoms with E-state index in [-0.39, 0.29) is 17.7 Å². The lowest BCUT2D eigenvalue weighted by Gasteiger charge is -2.14. The number of rotatable bonds is 7. The highest BCUT2D eigenvalue weighted by Gasteiger charge is 2.32. The first-order valence-corrected chi connectivity index (χ1v) is 8.19. The largest absolute Gasteiger partial charge is 0.490 e. The maximum atomic E-state index is 13.0. The summed E-state index contributed by atoms with van der Waals surface area (Å²) >= 11 is 0. The first-order chi connectivity index (χ1) is 12.4. The third-order valence-corrected chi connectivity index (χ3v) is 3.57. The molecule has 140 valence electrons. The maximum Gasteiger partial charge on any atom is 0.416 e. The van der Waals surface area contributed by atoms with Gasteiger partial charge >= 0.3 is 6.18 Å². The van der Waals surface area contributed by atoms with Gasteiger partial charge in [-0.25, -0.2) is 0 Å². The molecular formula is C19H20F3NO3. The highest BCUT2D eigenvalue weighted by molar-refractivity contribution is 5.94. The van der Waals surface area contributed by atoms with Crippen LogP contribution in [0, 0.1) is 0 Å². The molecule has 0 fully saturated rings. The second-order valence-corrected chi connectivity index (χ2v) is 5.37. The number of ether oxygens (including phenoxy) is 2. The van der Waals surface area contributed by atoms with Crippen LogP contribution >= 0.6 is 0 Å². The molecule has 1 amide bonds. The Kier molecular flexibility index (Phi) is 6.49. The van der Waals surface area contributed by atoms with Gasteiger partial charge < -0.3 is 14.8 Å². The molecule has 0 saturated carbocycles. The Bertz CT molecular complexity index is 760. The predicted octanol–water partition coefficient (Wildman–Crippen LogP) is 4.43. The first-order valence-electron chi connectivity index (χ1n) is 8.19. The van der Waals surface area contributed by atoms with Gasteiger partial charge in [0.2, 0.25) is 0 Å². The van der Waals surface area contributed by atoms with Crippen LogP contribution in [0.3, 0.4) is 0 Å². The lowest BCUT2D eigenvalue weighted by atomic mass is 10.1. The highest BCUT2D eigenvalue weighted by Crippen LogP contribution is 2.32. The van der Waals surface area contributed by atoms with Crippen molar-refractivity contribution in [3.63, 3.8) is 0 Å². The zero-order valence-corrected chi connectivity index (χ0v) is 14.5. The van der Waals surface area contributed by atoms with Crippen molar-refractivity contribution in [2.75, 3.05) is 13.2 Å². The molecule has 1 N–H and O–H groups in total. The van der Waals surface area contributed by atoms with E-state index in [4.69, 9.17) is 9.47 Å². The van der Waals surface area contributed by atoms with Crippen molar-refractivity contribution < 1.29 is 27.4 Å². The summed E-state index contributed by atoms with van der Waals surface area (Å²) in [7, 11) is 0. The van der Waals surface area contributed by atoms with Crippen LogP contribution in [0.15, 0.2) is 42.5 Å². The molecule has 2 rings (SSSR count). The van der Waals surface area contributed by atoms with Gasteiger partial charge in [-0.2, -0.15) is 13.2 Å². The monoisotopic (exact) mass is 367 g/mol. The van der Waals surface area contributed by atoms with Crippen LogP contribution in [-0.2, 0) is 12.7 Å². The lowest BCUT2D eigenvalue weighted by Crippen LogP contribution is -2.24. The summed E-state index contributed by atoms with van der Waals surface area (Å²) in [5, 5.41) is 2.51. The molecule has 0 radical (unpaired) electrons. The molecule has 0 aliphatic carbocycles. The molecule has 0 aromatic heterocycles. The van der Waals surface area contributed by atoms with E-state index >= 15 is 0 Å². The number of alkyl halides is 3. The number of halogens is 3. The third kappa shape index (κ3) is 4.91. The quantitative estimate of drug-likeness (QED) is 0.787. The second kappa shape index (κ2) is 8.60. The van der Waals surface area contributed by atoms with Gasteiger partial charge in [0.25, 0.3) is 5.91 Å². The van der Waals surface area contributed by atoms with Gasteiger partial charge in [-0.3, -0.25) is 4.79 Å². The number of amides is 1. The molecule has 0 heterocycles. The van der Waals surface area contributed by atoms with E-state index in [1.165, 1.54) is 24.3 Å². The fraction of sp³-hybridized carbons (Fsp3) is 0.316. The molecule has 0 bridgehead atoms. The van der Waals surface area contributed by atoms with E-state index in [9.17, 15) is 18.0 Å². The normalized spacial score (nSPS) is 11.1. The first kappa shape index (κ1) is 19.6. The zero-order valence-electron chi connectivity index (χ0n) is 14.5. The van der Waals surface area contributed by atoms with E-state index in [1.807, 2.05) is 6.92 Å². The maximum absolute atomic E-state index is 13.0. The highest BCUT2D eigenvalue weighted by atomic mass is 19.4. The second-order valence-electron chi connectivity index (χ2n) is 5.37. The third-order valence-electron chi connectivity index (χ3n) is 3.57. The lowest BCUT2D eigenvalue weighted by molar-refractivity contribution is -0.138. The van der Waals surface area contributed by atoms with Crippen molar-refractivity contribution in [2.24, 2.45) is 0 Å². The topological polar surface area (TPSA) is 47.6 Å². The van der Waals surface area contributed by atoms with Gasteiger partial charge in [0.1, 0.15) is 0 Å². The van der Waals surface area contributed by atoms with Gasteiger partial charge in [-0.05, 0) is 43.7 Å². The van der Waals surface area contributed by atoms with Gasteiger partial charge in [0.05, 0.1) is 18.8 Å². The number of hydrogen-bond donors (Lipinski definition) is 1. The minimum Gasteiger partial charge on any atom is -0.490 e. The molecule has 0 spiro atoms. The van der Waals surface area contributed by atoms with Gasteiger partial charge in [-0.15, -0.1) is 0 Å².